The van der Waals surface area contributed by atoms with Crippen LogP contribution in [0, 0.1) is 6.43 Å². The van der Waals surface area contributed by atoms with E-state index in [0.29, 0.717) is 0 Å². The fraction of sp³-hybridized carbons (Fsp3) is 0.800. The molecule has 0 rings (SSSR count). The lowest BCUT2D eigenvalue weighted by molar-refractivity contribution is -0.0749. The van der Waals surface area contributed by atoms with Crippen molar-refractivity contribution in [2.45, 2.75) is 25.2 Å². The minimum Gasteiger partial charge on any atom is -0.211 e. The topological polar surface area (TPSA) is 0 Å². The van der Waals surface area contributed by atoms with Crippen molar-refractivity contribution < 1.29 is 26.3 Å². The van der Waals surface area contributed by atoms with Crippen molar-refractivity contribution in [3.63, 3.8) is 0 Å². The van der Waals surface area contributed by atoms with Crippen LogP contribution < -0.4 is 0 Å². The largest absolute Gasteiger partial charge is 0.378 e. The van der Waals surface area contributed by atoms with Crippen LogP contribution in [0.4, 0.5) is 26.3 Å². The molecule has 0 spiro atoms. The molecule has 0 nitrogen and oxygen atoms in total. The van der Waals surface area contributed by atoms with Crippen molar-refractivity contribution in [1.29, 1.82) is 0 Å². The van der Waals surface area contributed by atoms with Gasteiger partial charge in [0.25, 0.3) is 0 Å². The molecule has 1 radical (unpaired) electrons. The molecule has 0 unspecified atom stereocenters. The standard InChI is InChI=1S/C5H5F6/c6-3(7)1-2-5(10,11)4(8)9/h3H,1-2H2. The van der Waals surface area contributed by atoms with Crippen LogP contribution in [-0.2, 0) is 0 Å². The third-order valence-electron chi connectivity index (χ3n) is 0.953. The predicted octanol–water partition coefficient (Wildman–Crippen LogP) is 3.10. The number of rotatable bonds is 4. The molecule has 0 N–H and O–H groups in total. The molecular formula is C5H5F6. The van der Waals surface area contributed by atoms with E-state index in [1.807, 2.05) is 0 Å². The third-order valence-corrected chi connectivity index (χ3v) is 0.953. The highest BCUT2D eigenvalue weighted by molar-refractivity contribution is 4.82. The number of alkyl halides is 4. The van der Waals surface area contributed by atoms with Gasteiger partial charge in [0.2, 0.25) is 6.43 Å². The first-order valence-corrected chi connectivity index (χ1v) is 2.70. The zero-order valence-electron chi connectivity index (χ0n) is 5.26. The summed E-state index contributed by atoms with van der Waals surface area (Å²) >= 11 is 0. The molecule has 0 aliphatic carbocycles. The molecule has 0 aliphatic rings. The van der Waals surface area contributed by atoms with Gasteiger partial charge in [0.05, 0.1) is 0 Å². The number of hydrogen-bond acceptors (Lipinski definition) is 0. The molecule has 0 aliphatic heterocycles. The van der Waals surface area contributed by atoms with E-state index >= 15 is 0 Å². The van der Waals surface area contributed by atoms with Crippen LogP contribution in [0.5, 0.6) is 0 Å². The highest BCUT2D eigenvalue weighted by Crippen LogP contribution is 2.34. The summed E-state index contributed by atoms with van der Waals surface area (Å²) in [5.41, 5.74) is 0. The van der Waals surface area contributed by atoms with Gasteiger partial charge < -0.3 is 0 Å². The van der Waals surface area contributed by atoms with E-state index in [1.165, 1.54) is 0 Å². The van der Waals surface area contributed by atoms with Crippen molar-refractivity contribution in [3.8, 4) is 0 Å². The Hall–Kier alpha value is -0.420. The Morgan fingerprint density at radius 3 is 1.91 bits per heavy atom. The lowest BCUT2D eigenvalue weighted by Crippen LogP contribution is -2.21. The first kappa shape index (κ1) is 10.6. The smallest absolute Gasteiger partial charge is 0.211 e. The van der Waals surface area contributed by atoms with Crippen LogP contribution in [0.1, 0.15) is 12.8 Å². The monoisotopic (exact) mass is 179 g/mol. The summed E-state index contributed by atoms with van der Waals surface area (Å²) < 4.78 is 68.4. The SMILES string of the molecule is F[C](F)C(F)(F)CCC(F)F. The molecule has 0 heterocycles. The van der Waals surface area contributed by atoms with E-state index in [0.717, 1.165) is 0 Å². The van der Waals surface area contributed by atoms with E-state index in [1.54, 1.807) is 0 Å². The van der Waals surface area contributed by atoms with Crippen LogP contribution in [0.25, 0.3) is 0 Å². The van der Waals surface area contributed by atoms with Gasteiger partial charge in [-0.1, -0.05) is 0 Å². The Labute approximate surface area is 59.2 Å². The van der Waals surface area contributed by atoms with E-state index in [-0.39, 0.29) is 0 Å². The quantitative estimate of drug-likeness (QED) is 0.581. The van der Waals surface area contributed by atoms with Crippen LogP contribution in [0.3, 0.4) is 0 Å². The second-order valence-corrected chi connectivity index (χ2v) is 1.89. The molecule has 0 fully saturated rings. The second-order valence-electron chi connectivity index (χ2n) is 1.89. The zero-order valence-corrected chi connectivity index (χ0v) is 5.26. The van der Waals surface area contributed by atoms with Crippen molar-refractivity contribution >= 4 is 0 Å². The molecule has 0 amide bonds. The maximum Gasteiger partial charge on any atom is 0.378 e. The van der Waals surface area contributed by atoms with Gasteiger partial charge in [-0.2, -0.15) is 17.6 Å². The fourth-order valence-corrected chi connectivity index (χ4v) is 0.385. The highest BCUT2D eigenvalue weighted by atomic mass is 19.3. The fourth-order valence-electron chi connectivity index (χ4n) is 0.385. The first-order chi connectivity index (χ1) is 4.86. The summed E-state index contributed by atoms with van der Waals surface area (Å²) in [5, 5.41) is 0. The van der Waals surface area contributed by atoms with E-state index in [2.05, 4.69) is 0 Å². The highest BCUT2D eigenvalue weighted by Gasteiger charge is 2.42. The zero-order chi connectivity index (χ0) is 9.07. The van der Waals surface area contributed by atoms with Gasteiger partial charge >= 0.3 is 12.3 Å². The molecule has 0 aromatic heterocycles. The van der Waals surface area contributed by atoms with Crippen molar-refractivity contribution in [2.24, 2.45) is 0 Å². The summed E-state index contributed by atoms with van der Waals surface area (Å²) in [4.78, 5) is 0. The molecule has 0 aromatic rings. The Bertz CT molecular complexity index is 110. The number of halogens is 6. The summed E-state index contributed by atoms with van der Waals surface area (Å²) in [6, 6.07) is 0. The summed E-state index contributed by atoms with van der Waals surface area (Å²) in [7, 11) is 0. The maximum absolute atomic E-state index is 11.8. The lowest BCUT2D eigenvalue weighted by atomic mass is 10.2. The predicted molar refractivity (Wildman–Crippen MR) is 25.6 cm³/mol. The average Bonchev–Trinajstić information content (AvgIpc) is 1.84. The lowest BCUT2D eigenvalue weighted by Gasteiger charge is -2.12. The Morgan fingerprint density at radius 2 is 1.64 bits per heavy atom. The van der Waals surface area contributed by atoms with Crippen molar-refractivity contribution in [1.82, 2.24) is 0 Å². The molecule has 0 saturated heterocycles. The summed E-state index contributed by atoms with van der Waals surface area (Å²) in [6.45, 7) is 0. The molecule has 0 aromatic carbocycles. The Morgan fingerprint density at radius 1 is 1.18 bits per heavy atom. The van der Waals surface area contributed by atoms with E-state index < -0.39 is 31.6 Å². The van der Waals surface area contributed by atoms with Crippen molar-refractivity contribution in [2.75, 3.05) is 0 Å². The van der Waals surface area contributed by atoms with Crippen LogP contribution >= 0.6 is 0 Å². The molecule has 11 heavy (non-hydrogen) atoms. The molecule has 6 heteroatoms. The maximum atomic E-state index is 11.8. The normalized spacial score (nSPS) is 13.1. The van der Waals surface area contributed by atoms with Gasteiger partial charge in [-0.3, -0.25) is 0 Å². The molecule has 0 bridgehead atoms. The first-order valence-electron chi connectivity index (χ1n) is 2.70. The Kier molecular flexibility index (Phi) is 3.68. The van der Waals surface area contributed by atoms with Crippen LogP contribution in [-0.4, -0.2) is 12.3 Å². The van der Waals surface area contributed by atoms with Gasteiger partial charge in [-0.15, -0.1) is 0 Å². The summed E-state index contributed by atoms with van der Waals surface area (Å²) in [6.07, 6.45) is -8.81. The van der Waals surface area contributed by atoms with Crippen LogP contribution in [0.15, 0.2) is 0 Å². The third kappa shape index (κ3) is 4.10. The minimum absolute atomic E-state index is 1.22. The van der Waals surface area contributed by atoms with Crippen LogP contribution in [0.2, 0.25) is 0 Å². The molecule has 67 valence electrons. The minimum atomic E-state index is -4.36. The summed E-state index contributed by atoms with van der Waals surface area (Å²) in [5.74, 6) is -4.36. The van der Waals surface area contributed by atoms with Gasteiger partial charge in [-0.05, 0) is 0 Å². The van der Waals surface area contributed by atoms with Gasteiger partial charge in [0, 0.05) is 12.8 Å². The molecule has 0 atom stereocenters. The van der Waals surface area contributed by atoms with E-state index in [4.69, 9.17) is 0 Å². The van der Waals surface area contributed by atoms with Gasteiger partial charge in [0.1, 0.15) is 0 Å². The molecular weight excluding hydrogens is 174 g/mol. The Balaban J connectivity index is 3.73. The van der Waals surface area contributed by atoms with Gasteiger partial charge in [0.15, 0.2) is 0 Å². The van der Waals surface area contributed by atoms with E-state index in [9.17, 15) is 26.3 Å². The second kappa shape index (κ2) is 3.82. The van der Waals surface area contributed by atoms with Gasteiger partial charge in [-0.25, -0.2) is 8.78 Å². The average molecular weight is 179 g/mol. The van der Waals surface area contributed by atoms with Crippen molar-refractivity contribution in [3.05, 3.63) is 6.43 Å². The molecule has 0 saturated carbocycles. The number of hydrogen-bond donors (Lipinski definition) is 0.